The molecule has 2 heterocycles. The molecule has 0 aromatic carbocycles. The quantitative estimate of drug-likeness (QED) is 0.832. The van der Waals surface area contributed by atoms with Crippen LogP contribution in [0.3, 0.4) is 0 Å². The second kappa shape index (κ2) is 3.40. The molecule has 2 N–H and O–H groups in total. The molecular weight excluding hydrogens is 206 g/mol. The Balaban J connectivity index is 2.19. The lowest BCUT2D eigenvalue weighted by atomic mass is 10.3. The summed E-state index contributed by atoms with van der Waals surface area (Å²) in [6.45, 7) is 0.680. The monoisotopic (exact) mass is 213 g/mol. The van der Waals surface area contributed by atoms with E-state index in [0.717, 1.165) is 9.90 Å². The van der Waals surface area contributed by atoms with Crippen LogP contribution in [-0.4, -0.2) is 9.78 Å². The van der Waals surface area contributed by atoms with E-state index in [4.69, 9.17) is 17.3 Å². The zero-order valence-corrected chi connectivity index (χ0v) is 8.35. The second-order valence-electron chi connectivity index (χ2n) is 2.69. The summed E-state index contributed by atoms with van der Waals surface area (Å²) < 4.78 is 2.58. The Bertz CT molecular complexity index is 407. The Kier molecular flexibility index (Phi) is 2.24. The molecule has 2 rings (SSSR count). The van der Waals surface area contributed by atoms with Gasteiger partial charge in [-0.2, -0.15) is 5.10 Å². The third-order valence-electron chi connectivity index (χ3n) is 1.68. The van der Waals surface area contributed by atoms with E-state index in [2.05, 4.69) is 5.10 Å². The van der Waals surface area contributed by atoms with E-state index in [-0.39, 0.29) is 0 Å². The van der Waals surface area contributed by atoms with Crippen LogP contribution in [0.2, 0.25) is 4.34 Å². The minimum absolute atomic E-state index is 0.673. The summed E-state index contributed by atoms with van der Waals surface area (Å²) in [5.41, 5.74) is 7.28. The van der Waals surface area contributed by atoms with Crippen LogP contribution >= 0.6 is 22.9 Å². The summed E-state index contributed by atoms with van der Waals surface area (Å²) in [5, 5.41) is 6.03. The fourth-order valence-electron chi connectivity index (χ4n) is 1.07. The van der Waals surface area contributed by atoms with Crippen LogP contribution in [0.5, 0.6) is 0 Å². The fourth-order valence-corrected chi connectivity index (χ4v) is 1.99. The topological polar surface area (TPSA) is 43.8 Å². The molecule has 13 heavy (non-hydrogen) atoms. The van der Waals surface area contributed by atoms with Crippen molar-refractivity contribution in [1.29, 1.82) is 0 Å². The summed E-state index contributed by atoms with van der Waals surface area (Å²) in [6.07, 6.45) is 3.41. The van der Waals surface area contributed by atoms with Crippen molar-refractivity contribution in [2.24, 2.45) is 0 Å². The van der Waals surface area contributed by atoms with Gasteiger partial charge in [-0.15, -0.1) is 11.3 Å². The summed E-state index contributed by atoms with van der Waals surface area (Å²) in [6, 6.07) is 1.99. The van der Waals surface area contributed by atoms with Crippen LogP contribution in [0.1, 0.15) is 5.56 Å². The molecule has 0 radical (unpaired) electrons. The van der Waals surface area contributed by atoms with Gasteiger partial charge in [-0.05, 0) is 11.4 Å². The van der Waals surface area contributed by atoms with Gasteiger partial charge in [-0.3, -0.25) is 4.68 Å². The van der Waals surface area contributed by atoms with Gasteiger partial charge in [0.25, 0.3) is 0 Å². The molecule has 0 saturated carbocycles. The molecule has 68 valence electrons. The first-order valence-corrected chi connectivity index (χ1v) is 5.01. The number of aromatic nitrogens is 2. The van der Waals surface area contributed by atoms with E-state index in [1.54, 1.807) is 17.1 Å². The fraction of sp³-hybridized carbons (Fsp3) is 0.125. The number of nitrogen functional groups attached to an aromatic ring is 1. The van der Waals surface area contributed by atoms with Crippen molar-refractivity contribution in [3.8, 4) is 0 Å². The summed E-state index contributed by atoms with van der Waals surface area (Å²) in [4.78, 5) is 0. The lowest BCUT2D eigenvalue weighted by Gasteiger charge is -1.98. The SMILES string of the molecule is Nc1cnn(Cc2ccsc2Cl)c1. The Morgan fingerprint density at radius 1 is 1.62 bits per heavy atom. The van der Waals surface area contributed by atoms with Crippen LogP contribution in [0.15, 0.2) is 23.8 Å². The number of thiophene rings is 1. The highest BCUT2D eigenvalue weighted by Gasteiger charge is 2.02. The van der Waals surface area contributed by atoms with Gasteiger partial charge in [0, 0.05) is 11.8 Å². The summed E-state index contributed by atoms with van der Waals surface area (Å²) in [5.74, 6) is 0. The molecular formula is C8H8ClN3S. The third-order valence-corrected chi connectivity index (χ3v) is 2.93. The highest BCUT2D eigenvalue weighted by molar-refractivity contribution is 7.14. The first-order valence-electron chi connectivity index (χ1n) is 3.75. The van der Waals surface area contributed by atoms with Gasteiger partial charge in [0.05, 0.1) is 22.8 Å². The van der Waals surface area contributed by atoms with Gasteiger partial charge in [0.1, 0.15) is 0 Å². The predicted molar refractivity (Wildman–Crippen MR) is 55.1 cm³/mol. The lowest BCUT2D eigenvalue weighted by Crippen LogP contribution is -1.98. The average molecular weight is 214 g/mol. The standard InChI is InChI=1S/C8H8ClN3S/c9-8-6(1-2-13-8)4-12-5-7(10)3-11-12/h1-3,5H,4,10H2. The first-order chi connectivity index (χ1) is 6.25. The van der Waals surface area contributed by atoms with Crippen molar-refractivity contribution in [2.75, 3.05) is 5.73 Å². The maximum Gasteiger partial charge on any atom is 0.0979 e. The zero-order valence-electron chi connectivity index (χ0n) is 6.77. The molecule has 0 aliphatic carbocycles. The number of halogens is 1. The minimum atomic E-state index is 0.673. The zero-order chi connectivity index (χ0) is 9.26. The maximum absolute atomic E-state index is 5.94. The Labute approximate surface area is 84.7 Å². The van der Waals surface area contributed by atoms with Gasteiger partial charge >= 0.3 is 0 Å². The van der Waals surface area contributed by atoms with E-state index < -0.39 is 0 Å². The molecule has 0 saturated heterocycles. The molecule has 0 aliphatic rings. The number of hydrogen-bond donors (Lipinski definition) is 1. The third kappa shape index (κ3) is 1.84. The van der Waals surface area contributed by atoms with E-state index in [1.165, 1.54) is 11.3 Å². The van der Waals surface area contributed by atoms with Crippen molar-refractivity contribution in [2.45, 2.75) is 6.54 Å². The smallest absolute Gasteiger partial charge is 0.0979 e. The number of anilines is 1. The molecule has 2 aromatic heterocycles. The molecule has 3 nitrogen and oxygen atoms in total. The molecule has 0 spiro atoms. The van der Waals surface area contributed by atoms with E-state index >= 15 is 0 Å². The van der Waals surface area contributed by atoms with Crippen molar-refractivity contribution in [1.82, 2.24) is 9.78 Å². The molecule has 0 fully saturated rings. The van der Waals surface area contributed by atoms with Gasteiger partial charge < -0.3 is 5.73 Å². The minimum Gasteiger partial charge on any atom is -0.396 e. The number of nitrogens with zero attached hydrogens (tertiary/aromatic N) is 2. The largest absolute Gasteiger partial charge is 0.396 e. The molecule has 0 unspecified atom stereocenters. The summed E-state index contributed by atoms with van der Waals surface area (Å²) in [7, 11) is 0. The van der Waals surface area contributed by atoms with Gasteiger partial charge in [-0.1, -0.05) is 11.6 Å². The summed E-state index contributed by atoms with van der Waals surface area (Å²) >= 11 is 7.47. The highest BCUT2D eigenvalue weighted by Crippen LogP contribution is 2.23. The predicted octanol–water partition coefficient (Wildman–Crippen LogP) is 2.23. The van der Waals surface area contributed by atoms with E-state index in [0.29, 0.717) is 12.2 Å². The van der Waals surface area contributed by atoms with Crippen LogP contribution in [-0.2, 0) is 6.54 Å². The molecule has 0 amide bonds. The van der Waals surface area contributed by atoms with Crippen LogP contribution in [0.4, 0.5) is 5.69 Å². The lowest BCUT2D eigenvalue weighted by molar-refractivity contribution is 0.689. The Hall–Kier alpha value is -1.00. The molecule has 0 atom stereocenters. The molecule has 5 heteroatoms. The second-order valence-corrected chi connectivity index (χ2v) is 4.21. The van der Waals surface area contributed by atoms with Crippen LogP contribution in [0.25, 0.3) is 0 Å². The normalized spacial score (nSPS) is 10.5. The molecule has 2 aromatic rings. The van der Waals surface area contributed by atoms with Gasteiger partial charge in [0.15, 0.2) is 0 Å². The van der Waals surface area contributed by atoms with Crippen molar-refractivity contribution < 1.29 is 0 Å². The van der Waals surface area contributed by atoms with Crippen molar-refractivity contribution in [3.05, 3.63) is 33.7 Å². The van der Waals surface area contributed by atoms with E-state index in [1.807, 2.05) is 11.4 Å². The number of nitrogens with two attached hydrogens (primary N) is 1. The number of hydrogen-bond acceptors (Lipinski definition) is 3. The number of rotatable bonds is 2. The maximum atomic E-state index is 5.94. The van der Waals surface area contributed by atoms with Gasteiger partial charge in [-0.25, -0.2) is 0 Å². The average Bonchev–Trinajstić information content (AvgIpc) is 2.64. The Morgan fingerprint density at radius 2 is 2.46 bits per heavy atom. The Morgan fingerprint density at radius 3 is 3.00 bits per heavy atom. The molecule has 0 bridgehead atoms. The van der Waals surface area contributed by atoms with Gasteiger partial charge in [0.2, 0.25) is 0 Å². The molecule has 0 aliphatic heterocycles. The van der Waals surface area contributed by atoms with Crippen LogP contribution < -0.4 is 5.73 Å². The van der Waals surface area contributed by atoms with Crippen molar-refractivity contribution in [3.63, 3.8) is 0 Å². The van der Waals surface area contributed by atoms with Crippen LogP contribution in [0, 0.1) is 0 Å². The highest BCUT2D eigenvalue weighted by atomic mass is 35.5. The first kappa shape index (κ1) is 8.59. The van der Waals surface area contributed by atoms with E-state index in [9.17, 15) is 0 Å². The van der Waals surface area contributed by atoms with Crippen molar-refractivity contribution >= 4 is 28.6 Å².